The summed E-state index contributed by atoms with van der Waals surface area (Å²) in [6, 6.07) is 12.7. The molecule has 0 unspecified atom stereocenters. The smallest absolute Gasteiger partial charge is 0.118 e. The topological polar surface area (TPSA) is 42.4 Å². The van der Waals surface area contributed by atoms with Crippen LogP contribution in [-0.2, 0) is 19.5 Å². The summed E-state index contributed by atoms with van der Waals surface area (Å²) in [6.07, 6.45) is 0.946. The van der Waals surface area contributed by atoms with E-state index in [2.05, 4.69) is 36.2 Å². The molecule has 102 valence electrons. The maximum atomic E-state index is 5.59. The van der Waals surface area contributed by atoms with E-state index in [1.807, 2.05) is 19.1 Å². The Bertz CT molecular complexity index is 502. The van der Waals surface area contributed by atoms with Crippen LogP contribution in [0.5, 0.6) is 0 Å². The second-order valence-corrected chi connectivity index (χ2v) is 5.04. The SMILES string of the molecule is Cc1ccc(CN(C)Cc2ccc(CCN)cc2)o1. The van der Waals surface area contributed by atoms with Gasteiger partial charge in [-0.3, -0.25) is 4.90 Å². The minimum absolute atomic E-state index is 0.705. The van der Waals surface area contributed by atoms with Gasteiger partial charge in [-0.15, -0.1) is 0 Å². The number of aryl methyl sites for hydroxylation is 1. The van der Waals surface area contributed by atoms with Crippen molar-refractivity contribution in [1.82, 2.24) is 4.90 Å². The summed E-state index contributed by atoms with van der Waals surface area (Å²) in [7, 11) is 2.10. The van der Waals surface area contributed by atoms with E-state index in [9.17, 15) is 0 Å². The number of furan rings is 1. The number of nitrogens with zero attached hydrogens (tertiary/aromatic N) is 1. The van der Waals surface area contributed by atoms with E-state index in [0.717, 1.165) is 31.0 Å². The van der Waals surface area contributed by atoms with Crippen molar-refractivity contribution >= 4 is 0 Å². The molecule has 0 saturated carbocycles. The molecular weight excluding hydrogens is 236 g/mol. The highest BCUT2D eigenvalue weighted by Crippen LogP contribution is 2.12. The summed E-state index contributed by atoms with van der Waals surface area (Å²) in [5.74, 6) is 1.98. The minimum atomic E-state index is 0.705. The number of nitrogens with two attached hydrogens (primary N) is 1. The van der Waals surface area contributed by atoms with Gasteiger partial charge in [-0.05, 0) is 50.2 Å². The summed E-state index contributed by atoms with van der Waals surface area (Å²) in [5.41, 5.74) is 8.16. The molecule has 2 N–H and O–H groups in total. The van der Waals surface area contributed by atoms with Crippen LogP contribution in [-0.4, -0.2) is 18.5 Å². The molecule has 0 amide bonds. The fourth-order valence-corrected chi connectivity index (χ4v) is 2.18. The lowest BCUT2D eigenvalue weighted by molar-refractivity contribution is 0.285. The fourth-order valence-electron chi connectivity index (χ4n) is 2.18. The van der Waals surface area contributed by atoms with Crippen LogP contribution in [0.1, 0.15) is 22.6 Å². The van der Waals surface area contributed by atoms with Gasteiger partial charge < -0.3 is 10.2 Å². The van der Waals surface area contributed by atoms with Crippen LogP contribution in [0, 0.1) is 6.92 Å². The van der Waals surface area contributed by atoms with Gasteiger partial charge in [-0.2, -0.15) is 0 Å². The van der Waals surface area contributed by atoms with Gasteiger partial charge in [0.1, 0.15) is 11.5 Å². The third-order valence-corrected chi connectivity index (χ3v) is 3.13. The quantitative estimate of drug-likeness (QED) is 0.866. The molecule has 1 heterocycles. The van der Waals surface area contributed by atoms with Gasteiger partial charge in [0.15, 0.2) is 0 Å². The van der Waals surface area contributed by atoms with Crippen molar-refractivity contribution in [2.75, 3.05) is 13.6 Å². The van der Waals surface area contributed by atoms with Crippen molar-refractivity contribution in [3.8, 4) is 0 Å². The summed E-state index contributed by atoms with van der Waals surface area (Å²) >= 11 is 0. The molecule has 3 heteroatoms. The van der Waals surface area contributed by atoms with E-state index in [0.29, 0.717) is 6.54 Å². The number of rotatable bonds is 6. The lowest BCUT2D eigenvalue weighted by atomic mass is 10.1. The molecule has 3 nitrogen and oxygen atoms in total. The zero-order valence-electron chi connectivity index (χ0n) is 11.7. The number of hydrogen-bond acceptors (Lipinski definition) is 3. The van der Waals surface area contributed by atoms with E-state index in [4.69, 9.17) is 10.2 Å². The first-order valence-corrected chi connectivity index (χ1v) is 6.69. The van der Waals surface area contributed by atoms with Crippen LogP contribution < -0.4 is 5.73 Å². The van der Waals surface area contributed by atoms with Gasteiger partial charge in [0.05, 0.1) is 6.54 Å². The zero-order chi connectivity index (χ0) is 13.7. The minimum Gasteiger partial charge on any atom is -0.465 e. The Morgan fingerprint density at radius 3 is 2.26 bits per heavy atom. The lowest BCUT2D eigenvalue weighted by Gasteiger charge is -2.15. The largest absolute Gasteiger partial charge is 0.465 e. The van der Waals surface area contributed by atoms with Crippen molar-refractivity contribution in [3.63, 3.8) is 0 Å². The van der Waals surface area contributed by atoms with E-state index in [-0.39, 0.29) is 0 Å². The van der Waals surface area contributed by atoms with Crippen LogP contribution in [0.2, 0.25) is 0 Å². The van der Waals surface area contributed by atoms with Gasteiger partial charge in [0.25, 0.3) is 0 Å². The lowest BCUT2D eigenvalue weighted by Crippen LogP contribution is -2.16. The van der Waals surface area contributed by atoms with Gasteiger partial charge in [0.2, 0.25) is 0 Å². The van der Waals surface area contributed by atoms with Crippen LogP contribution in [0.4, 0.5) is 0 Å². The molecule has 1 aromatic heterocycles. The highest BCUT2D eigenvalue weighted by atomic mass is 16.3. The molecule has 2 aromatic rings. The second-order valence-electron chi connectivity index (χ2n) is 5.04. The third-order valence-electron chi connectivity index (χ3n) is 3.13. The predicted molar refractivity (Wildman–Crippen MR) is 77.8 cm³/mol. The van der Waals surface area contributed by atoms with Gasteiger partial charge in [0, 0.05) is 6.54 Å². The first-order chi connectivity index (χ1) is 9.17. The highest BCUT2D eigenvalue weighted by Gasteiger charge is 2.05. The van der Waals surface area contributed by atoms with Crippen molar-refractivity contribution in [3.05, 3.63) is 59.0 Å². The van der Waals surface area contributed by atoms with E-state index >= 15 is 0 Å². The molecule has 0 aliphatic carbocycles. The van der Waals surface area contributed by atoms with Crippen molar-refractivity contribution in [2.45, 2.75) is 26.4 Å². The Hall–Kier alpha value is -1.58. The van der Waals surface area contributed by atoms with E-state index < -0.39 is 0 Å². The molecule has 1 aromatic carbocycles. The molecule has 19 heavy (non-hydrogen) atoms. The van der Waals surface area contributed by atoms with Crippen LogP contribution >= 0.6 is 0 Å². The third kappa shape index (κ3) is 4.23. The molecule has 0 atom stereocenters. The number of hydrogen-bond donors (Lipinski definition) is 1. The fraction of sp³-hybridized carbons (Fsp3) is 0.375. The first kappa shape index (κ1) is 13.8. The maximum Gasteiger partial charge on any atom is 0.118 e. The Morgan fingerprint density at radius 1 is 1.00 bits per heavy atom. The van der Waals surface area contributed by atoms with Gasteiger partial charge in [-0.25, -0.2) is 0 Å². The molecule has 0 aliphatic rings. The molecule has 0 spiro atoms. The van der Waals surface area contributed by atoms with Gasteiger partial charge >= 0.3 is 0 Å². The van der Waals surface area contributed by atoms with Crippen LogP contribution in [0.15, 0.2) is 40.8 Å². The zero-order valence-corrected chi connectivity index (χ0v) is 11.7. The van der Waals surface area contributed by atoms with E-state index in [1.54, 1.807) is 0 Å². The molecule has 2 rings (SSSR count). The molecule has 0 radical (unpaired) electrons. The predicted octanol–water partition coefficient (Wildman–Crippen LogP) is 2.72. The molecular formula is C16H22N2O. The van der Waals surface area contributed by atoms with Crippen molar-refractivity contribution < 1.29 is 4.42 Å². The monoisotopic (exact) mass is 258 g/mol. The highest BCUT2D eigenvalue weighted by molar-refractivity contribution is 5.22. The molecule has 0 bridgehead atoms. The summed E-state index contributed by atoms with van der Waals surface area (Å²) in [4.78, 5) is 2.25. The molecule has 0 aliphatic heterocycles. The average Bonchev–Trinajstić information content (AvgIpc) is 2.77. The standard InChI is InChI=1S/C16H22N2O/c1-13-3-8-16(19-13)12-18(2)11-15-6-4-14(5-7-15)9-10-17/h3-8H,9-12,17H2,1-2H3. The van der Waals surface area contributed by atoms with Crippen LogP contribution in [0.3, 0.4) is 0 Å². The summed E-state index contributed by atoms with van der Waals surface area (Å²) in [6.45, 7) is 4.43. The molecule has 0 fully saturated rings. The summed E-state index contributed by atoms with van der Waals surface area (Å²) < 4.78 is 5.59. The van der Waals surface area contributed by atoms with Crippen molar-refractivity contribution in [1.29, 1.82) is 0 Å². The summed E-state index contributed by atoms with van der Waals surface area (Å²) in [5, 5.41) is 0. The molecule has 0 saturated heterocycles. The van der Waals surface area contributed by atoms with Gasteiger partial charge in [-0.1, -0.05) is 24.3 Å². The van der Waals surface area contributed by atoms with Crippen LogP contribution in [0.25, 0.3) is 0 Å². The normalized spacial score (nSPS) is 11.2. The second kappa shape index (κ2) is 6.55. The maximum absolute atomic E-state index is 5.59. The van der Waals surface area contributed by atoms with Crippen molar-refractivity contribution in [2.24, 2.45) is 5.73 Å². The Kier molecular flexibility index (Phi) is 4.77. The number of benzene rings is 1. The average molecular weight is 258 g/mol. The Morgan fingerprint density at radius 2 is 1.68 bits per heavy atom. The Labute approximate surface area is 115 Å². The van der Waals surface area contributed by atoms with E-state index in [1.165, 1.54) is 11.1 Å². The first-order valence-electron chi connectivity index (χ1n) is 6.69. The Balaban J connectivity index is 1.89.